The highest BCUT2D eigenvalue weighted by atomic mass is 16.8. The highest BCUT2D eigenvalue weighted by Gasteiger charge is 2.28. The molecule has 3 aromatic carbocycles. The van der Waals surface area contributed by atoms with Crippen LogP contribution in [0.3, 0.4) is 0 Å². The molecule has 4 rings (SSSR count). The van der Waals surface area contributed by atoms with Gasteiger partial charge in [0, 0.05) is 18.2 Å². The number of quaternary nitrogens is 1. The van der Waals surface area contributed by atoms with E-state index in [1.807, 2.05) is 0 Å². The zero-order chi connectivity index (χ0) is 23.5. The molecule has 1 heterocycles. The van der Waals surface area contributed by atoms with Crippen LogP contribution in [0.25, 0.3) is 6.08 Å². The first-order valence-electron chi connectivity index (χ1n) is 9.68. The number of hydrogen-bond acceptors (Lipinski definition) is 8. The van der Waals surface area contributed by atoms with E-state index in [1.54, 1.807) is 30.3 Å². The molecule has 0 bridgehead atoms. The van der Waals surface area contributed by atoms with Gasteiger partial charge in [0.05, 0.1) is 23.8 Å². The smallest absolute Gasteiger partial charge is 0.343 e. The molecule has 0 spiro atoms. The van der Waals surface area contributed by atoms with Crippen LogP contribution in [0.15, 0.2) is 72.5 Å². The Kier molecular flexibility index (Phi) is 6.01. The van der Waals surface area contributed by atoms with E-state index in [0.29, 0.717) is 16.7 Å². The number of allylic oxidation sites excluding steroid dienone is 1. The number of nitrogens with one attached hydrogen (secondary N) is 1. The van der Waals surface area contributed by atoms with Crippen molar-refractivity contribution in [1.82, 2.24) is 0 Å². The lowest BCUT2D eigenvalue weighted by Crippen LogP contribution is -2.99. The molecule has 0 fully saturated rings. The normalized spacial score (nSPS) is 14.4. The summed E-state index contributed by atoms with van der Waals surface area (Å²) in [5.74, 6) is -0.985. The van der Waals surface area contributed by atoms with Crippen molar-refractivity contribution in [3.63, 3.8) is 0 Å². The van der Waals surface area contributed by atoms with Gasteiger partial charge in [0.25, 0.3) is 0 Å². The minimum absolute atomic E-state index is 0.0512. The maximum Gasteiger partial charge on any atom is 0.343 e. The molecular weight excluding hydrogens is 430 g/mol. The molecule has 0 aromatic heterocycles. The van der Waals surface area contributed by atoms with Gasteiger partial charge >= 0.3 is 11.9 Å². The Bertz CT molecular complexity index is 1260. The maximum absolute atomic E-state index is 12.6. The number of Topliss-reactive ketones (excluding diaryl/α,β-unsaturated/α-hetero) is 1. The topological polar surface area (TPSA) is 127 Å². The van der Waals surface area contributed by atoms with Crippen molar-refractivity contribution >= 4 is 29.5 Å². The highest BCUT2D eigenvalue weighted by molar-refractivity contribution is 6.14. The number of rotatable bonds is 5. The maximum atomic E-state index is 12.6. The molecule has 33 heavy (non-hydrogen) atoms. The summed E-state index contributed by atoms with van der Waals surface area (Å²) in [6.07, 6.45) is 1.54. The number of hydrogen-bond donors (Lipinski definition) is 2. The molecule has 0 saturated carbocycles. The summed E-state index contributed by atoms with van der Waals surface area (Å²) in [7, 11) is 1.29. The Labute approximate surface area is 187 Å². The molecule has 1 atom stereocenters. The minimum atomic E-state index is -1.10. The van der Waals surface area contributed by atoms with Gasteiger partial charge in [0.15, 0.2) is 11.4 Å². The number of esters is 2. The molecule has 0 saturated heterocycles. The molecule has 3 aromatic rings. The van der Waals surface area contributed by atoms with E-state index in [1.165, 1.54) is 49.6 Å². The van der Waals surface area contributed by atoms with Crippen LogP contribution in [0.4, 0.5) is 5.69 Å². The molecule has 2 N–H and O–H groups in total. The zero-order valence-electron chi connectivity index (χ0n) is 17.2. The number of ether oxygens (including phenoxy) is 3. The number of carbonyl (C=O) groups excluding carboxylic acids is 3. The Balaban J connectivity index is 1.49. The third kappa shape index (κ3) is 4.65. The Hall–Kier alpha value is -4.31. The highest BCUT2D eigenvalue weighted by Crippen LogP contribution is 2.35. The first-order chi connectivity index (χ1) is 15.9. The molecular formula is C24H17NO8. The second-order valence-corrected chi connectivity index (χ2v) is 6.98. The van der Waals surface area contributed by atoms with Gasteiger partial charge in [0.2, 0.25) is 5.78 Å². The fourth-order valence-electron chi connectivity index (χ4n) is 3.13. The summed E-state index contributed by atoms with van der Waals surface area (Å²) >= 11 is 0. The van der Waals surface area contributed by atoms with Gasteiger partial charge in [0.1, 0.15) is 11.5 Å². The monoisotopic (exact) mass is 447 g/mol. The molecule has 9 heteroatoms. The van der Waals surface area contributed by atoms with Crippen molar-refractivity contribution in [3.8, 4) is 11.5 Å². The second kappa shape index (κ2) is 9.05. The average Bonchev–Trinajstić information content (AvgIpc) is 3.13. The van der Waals surface area contributed by atoms with Crippen LogP contribution >= 0.6 is 0 Å². The first kappa shape index (κ1) is 21.9. The van der Waals surface area contributed by atoms with E-state index >= 15 is 0 Å². The molecule has 1 aliphatic heterocycles. The summed E-state index contributed by atoms with van der Waals surface area (Å²) < 4.78 is 15.6. The standard InChI is InChI=1S/C24H17NO8/c1-31-23(27)15-4-2-14(3-5-15)12-21-22(26)19-11-10-18(13-20(19)33-21)32-24(28)16-6-8-17(9-7-16)25(29)30/h2-13,25,29H,1H3. The van der Waals surface area contributed by atoms with Crippen molar-refractivity contribution in [2.45, 2.75) is 0 Å². The molecule has 0 amide bonds. The number of methoxy groups -OCH3 is 1. The Morgan fingerprint density at radius 1 is 0.970 bits per heavy atom. The Morgan fingerprint density at radius 2 is 1.61 bits per heavy atom. The zero-order valence-corrected chi connectivity index (χ0v) is 17.2. The SMILES string of the molecule is COC(=O)c1ccc(C=C2Oc3cc(OC(=O)c4ccc([NH+]([O-])O)cc4)ccc3C2=O)cc1. The quantitative estimate of drug-likeness (QED) is 0.265. The van der Waals surface area contributed by atoms with Crippen LogP contribution in [0.2, 0.25) is 0 Å². The largest absolute Gasteiger partial charge is 0.595 e. The van der Waals surface area contributed by atoms with E-state index in [-0.39, 0.29) is 34.3 Å². The van der Waals surface area contributed by atoms with Crippen LogP contribution in [-0.4, -0.2) is 30.0 Å². The number of benzene rings is 3. The third-order valence-electron chi connectivity index (χ3n) is 4.85. The predicted octanol–water partition coefficient (Wildman–Crippen LogP) is 2.71. The van der Waals surface area contributed by atoms with Gasteiger partial charge in [-0.2, -0.15) is 5.23 Å². The summed E-state index contributed by atoms with van der Waals surface area (Å²) in [5.41, 5.74) is 1.57. The van der Waals surface area contributed by atoms with Crippen molar-refractivity contribution < 1.29 is 39.0 Å². The van der Waals surface area contributed by atoms with Crippen LogP contribution in [0, 0.1) is 5.21 Å². The van der Waals surface area contributed by atoms with Crippen LogP contribution in [-0.2, 0) is 4.74 Å². The van der Waals surface area contributed by atoms with Crippen LogP contribution < -0.4 is 14.7 Å². The fourth-order valence-corrected chi connectivity index (χ4v) is 3.13. The lowest BCUT2D eigenvalue weighted by molar-refractivity contribution is -0.991. The second-order valence-electron chi connectivity index (χ2n) is 6.98. The van der Waals surface area contributed by atoms with E-state index in [2.05, 4.69) is 4.74 Å². The summed E-state index contributed by atoms with van der Waals surface area (Å²) in [4.78, 5) is 36.5. The summed E-state index contributed by atoms with van der Waals surface area (Å²) in [5, 5.41) is 18.8. The van der Waals surface area contributed by atoms with Gasteiger partial charge in [-0.3, -0.25) is 4.79 Å². The third-order valence-corrected chi connectivity index (χ3v) is 4.85. The number of carbonyl (C=O) groups is 3. The lowest BCUT2D eigenvalue weighted by atomic mass is 10.1. The first-order valence-corrected chi connectivity index (χ1v) is 9.68. The predicted molar refractivity (Wildman–Crippen MR) is 114 cm³/mol. The van der Waals surface area contributed by atoms with Crippen molar-refractivity contribution in [3.05, 3.63) is 100.0 Å². The fraction of sp³-hybridized carbons (Fsp3) is 0.0417. The van der Waals surface area contributed by atoms with Crippen molar-refractivity contribution in [1.29, 1.82) is 0 Å². The van der Waals surface area contributed by atoms with Gasteiger partial charge < -0.3 is 19.4 Å². The Morgan fingerprint density at radius 3 is 2.24 bits per heavy atom. The van der Waals surface area contributed by atoms with Gasteiger partial charge in [-0.05, 0) is 48.0 Å². The van der Waals surface area contributed by atoms with Crippen LogP contribution in [0.1, 0.15) is 36.6 Å². The average molecular weight is 447 g/mol. The van der Waals surface area contributed by atoms with Gasteiger partial charge in [-0.1, -0.05) is 12.1 Å². The molecule has 0 aliphatic carbocycles. The summed E-state index contributed by atoms with van der Waals surface area (Å²) in [6.45, 7) is 0. The molecule has 1 unspecified atom stereocenters. The van der Waals surface area contributed by atoms with E-state index < -0.39 is 17.2 Å². The molecule has 1 aliphatic rings. The molecule has 166 valence electrons. The van der Waals surface area contributed by atoms with Crippen molar-refractivity contribution in [2.24, 2.45) is 0 Å². The van der Waals surface area contributed by atoms with E-state index in [4.69, 9.17) is 14.7 Å². The van der Waals surface area contributed by atoms with Gasteiger partial charge in [-0.25, -0.2) is 14.8 Å². The van der Waals surface area contributed by atoms with E-state index in [9.17, 15) is 19.6 Å². The van der Waals surface area contributed by atoms with Crippen LogP contribution in [0.5, 0.6) is 11.5 Å². The molecule has 9 nitrogen and oxygen atoms in total. The number of ketones is 1. The van der Waals surface area contributed by atoms with E-state index in [0.717, 1.165) is 0 Å². The lowest BCUT2D eigenvalue weighted by Gasteiger charge is -2.11. The molecule has 0 radical (unpaired) electrons. The van der Waals surface area contributed by atoms with Crippen molar-refractivity contribution in [2.75, 3.05) is 7.11 Å². The number of fused-ring (bicyclic) bond motifs is 1. The minimum Gasteiger partial charge on any atom is -0.595 e. The summed E-state index contributed by atoms with van der Waals surface area (Å²) in [6, 6.07) is 16.2. The van der Waals surface area contributed by atoms with Gasteiger partial charge in [-0.15, -0.1) is 0 Å².